The van der Waals surface area contributed by atoms with E-state index in [1.54, 1.807) is 6.20 Å². The number of benzene rings is 1. The summed E-state index contributed by atoms with van der Waals surface area (Å²) in [6.45, 7) is 2.98. The lowest BCUT2D eigenvalue weighted by molar-refractivity contribution is -0.119. The summed E-state index contributed by atoms with van der Waals surface area (Å²) in [6, 6.07) is 9.72. The Morgan fingerprint density at radius 1 is 1.41 bits per heavy atom. The highest BCUT2D eigenvalue weighted by atomic mass is 16.5. The molecular formula is C16H20N4O2. The van der Waals surface area contributed by atoms with Crippen LogP contribution in [0.4, 0.5) is 5.69 Å². The third-order valence-corrected chi connectivity index (χ3v) is 3.56. The van der Waals surface area contributed by atoms with Crippen molar-refractivity contribution in [3.05, 3.63) is 48.3 Å². The van der Waals surface area contributed by atoms with Gasteiger partial charge in [-0.15, -0.1) is 0 Å². The summed E-state index contributed by atoms with van der Waals surface area (Å²) in [4.78, 5) is 12.0. The number of anilines is 1. The van der Waals surface area contributed by atoms with Crippen molar-refractivity contribution in [2.24, 2.45) is 0 Å². The molecule has 3 rings (SSSR count). The predicted molar refractivity (Wildman–Crippen MR) is 83.6 cm³/mol. The highest BCUT2D eigenvalue weighted by molar-refractivity contribution is 5.91. The van der Waals surface area contributed by atoms with E-state index in [1.165, 1.54) is 0 Å². The number of rotatable bonds is 5. The van der Waals surface area contributed by atoms with Crippen LogP contribution in [-0.4, -0.2) is 41.5 Å². The predicted octanol–water partition coefficient (Wildman–Crippen LogP) is 1.25. The average Bonchev–Trinajstić information content (AvgIpc) is 3.03. The molecule has 1 aliphatic heterocycles. The fourth-order valence-electron chi connectivity index (χ4n) is 2.44. The maximum absolute atomic E-state index is 12.0. The van der Waals surface area contributed by atoms with Gasteiger partial charge in [0.05, 0.1) is 25.7 Å². The molecule has 0 spiro atoms. The Morgan fingerprint density at radius 3 is 2.95 bits per heavy atom. The molecule has 0 radical (unpaired) electrons. The lowest BCUT2D eigenvalue weighted by Crippen LogP contribution is -2.40. The number of aromatic nitrogens is 2. The van der Waals surface area contributed by atoms with Gasteiger partial charge in [0, 0.05) is 31.2 Å². The Hall–Kier alpha value is -2.18. The second-order valence-electron chi connectivity index (χ2n) is 5.35. The number of hydrogen-bond donors (Lipinski definition) is 2. The van der Waals surface area contributed by atoms with Crippen LogP contribution in [0, 0.1) is 0 Å². The van der Waals surface area contributed by atoms with Gasteiger partial charge < -0.3 is 15.4 Å². The minimum absolute atomic E-state index is 0.0199. The Kier molecular flexibility index (Phi) is 4.82. The second-order valence-corrected chi connectivity index (χ2v) is 5.35. The van der Waals surface area contributed by atoms with E-state index in [-0.39, 0.29) is 12.0 Å². The number of hydrogen-bond acceptors (Lipinski definition) is 4. The van der Waals surface area contributed by atoms with E-state index in [1.807, 2.05) is 41.2 Å². The molecule has 1 aliphatic rings. The van der Waals surface area contributed by atoms with E-state index in [0.29, 0.717) is 13.0 Å². The van der Waals surface area contributed by atoms with E-state index in [4.69, 9.17) is 4.74 Å². The molecular weight excluding hydrogens is 280 g/mol. The summed E-state index contributed by atoms with van der Waals surface area (Å²) in [5.74, 6) is -0.0199. The smallest absolute Gasteiger partial charge is 0.227 e. The highest BCUT2D eigenvalue weighted by Crippen LogP contribution is 2.12. The Labute approximate surface area is 129 Å². The van der Waals surface area contributed by atoms with Gasteiger partial charge in [-0.1, -0.05) is 12.1 Å². The van der Waals surface area contributed by atoms with E-state index in [0.717, 1.165) is 30.9 Å². The van der Waals surface area contributed by atoms with Gasteiger partial charge in [0.2, 0.25) is 5.91 Å². The molecule has 6 nitrogen and oxygen atoms in total. The van der Waals surface area contributed by atoms with Gasteiger partial charge in [0.25, 0.3) is 0 Å². The van der Waals surface area contributed by atoms with Crippen molar-refractivity contribution < 1.29 is 9.53 Å². The molecule has 2 aromatic rings. The minimum atomic E-state index is -0.0344. The van der Waals surface area contributed by atoms with Crippen molar-refractivity contribution in [2.75, 3.05) is 25.0 Å². The normalized spacial score (nSPS) is 18.1. The molecule has 1 aromatic heterocycles. The standard InChI is InChI=1S/C16H20N4O2/c21-16(10-15-11-17-7-9-22-15)19-14-4-2-13(3-5-14)12-20-8-1-6-18-20/h1-6,8,15,17H,7,9-12H2,(H,19,21). The largest absolute Gasteiger partial charge is 0.375 e. The fourth-order valence-corrected chi connectivity index (χ4v) is 2.44. The van der Waals surface area contributed by atoms with Gasteiger partial charge in [-0.2, -0.15) is 5.10 Å². The van der Waals surface area contributed by atoms with E-state index >= 15 is 0 Å². The van der Waals surface area contributed by atoms with E-state index in [9.17, 15) is 4.79 Å². The van der Waals surface area contributed by atoms with Crippen LogP contribution >= 0.6 is 0 Å². The number of ether oxygens (including phenoxy) is 1. The first kappa shape index (κ1) is 14.7. The second kappa shape index (κ2) is 7.20. The van der Waals surface area contributed by atoms with Crippen molar-refractivity contribution in [1.82, 2.24) is 15.1 Å². The zero-order valence-electron chi connectivity index (χ0n) is 12.4. The maximum atomic E-state index is 12.0. The number of morpholine rings is 1. The Balaban J connectivity index is 1.50. The molecule has 0 bridgehead atoms. The lowest BCUT2D eigenvalue weighted by Gasteiger charge is -2.23. The van der Waals surface area contributed by atoms with Gasteiger partial charge in [-0.3, -0.25) is 9.48 Å². The molecule has 1 aromatic carbocycles. The monoisotopic (exact) mass is 300 g/mol. The Morgan fingerprint density at radius 2 is 2.27 bits per heavy atom. The van der Waals surface area contributed by atoms with Gasteiger partial charge in [-0.25, -0.2) is 0 Å². The molecule has 22 heavy (non-hydrogen) atoms. The molecule has 6 heteroatoms. The molecule has 0 saturated carbocycles. The molecule has 1 fully saturated rings. The first-order chi connectivity index (χ1) is 10.8. The lowest BCUT2D eigenvalue weighted by atomic mass is 10.2. The molecule has 1 unspecified atom stereocenters. The number of nitrogens with one attached hydrogen (secondary N) is 2. The molecule has 0 aliphatic carbocycles. The summed E-state index contributed by atoms with van der Waals surface area (Å²) < 4.78 is 7.39. The summed E-state index contributed by atoms with van der Waals surface area (Å²) in [6.07, 6.45) is 4.03. The van der Waals surface area contributed by atoms with Crippen molar-refractivity contribution in [3.63, 3.8) is 0 Å². The number of nitrogens with zero attached hydrogens (tertiary/aromatic N) is 2. The topological polar surface area (TPSA) is 68.2 Å². The van der Waals surface area contributed by atoms with Crippen molar-refractivity contribution in [3.8, 4) is 0 Å². The van der Waals surface area contributed by atoms with Gasteiger partial charge in [-0.05, 0) is 23.8 Å². The first-order valence-corrected chi connectivity index (χ1v) is 7.48. The summed E-state index contributed by atoms with van der Waals surface area (Å²) in [5, 5.41) is 10.3. The van der Waals surface area contributed by atoms with E-state index in [2.05, 4.69) is 15.7 Å². The SMILES string of the molecule is O=C(CC1CNCCO1)Nc1ccc(Cn2cccn2)cc1. The van der Waals surface area contributed by atoms with Crippen LogP contribution < -0.4 is 10.6 Å². The quantitative estimate of drug-likeness (QED) is 0.872. The summed E-state index contributed by atoms with van der Waals surface area (Å²) in [5.41, 5.74) is 1.94. The molecule has 1 amide bonds. The van der Waals surface area contributed by atoms with Gasteiger partial charge >= 0.3 is 0 Å². The van der Waals surface area contributed by atoms with Crippen LogP contribution in [-0.2, 0) is 16.1 Å². The van der Waals surface area contributed by atoms with Gasteiger partial charge in [0.1, 0.15) is 0 Å². The molecule has 1 atom stereocenters. The number of carbonyl (C=O) groups is 1. The minimum Gasteiger partial charge on any atom is -0.375 e. The van der Waals surface area contributed by atoms with Crippen molar-refractivity contribution in [2.45, 2.75) is 19.1 Å². The fraction of sp³-hybridized carbons (Fsp3) is 0.375. The number of carbonyl (C=O) groups excluding carboxylic acids is 1. The van der Waals surface area contributed by atoms with Crippen LogP contribution in [0.1, 0.15) is 12.0 Å². The average molecular weight is 300 g/mol. The first-order valence-electron chi connectivity index (χ1n) is 7.48. The zero-order chi connectivity index (χ0) is 15.2. The Bertz CT molecular complexity index is 589. The third kappa shape index (κ3) is 4.16. The van der Waals surface area contributed by atoms with Crippen molar-refractivity contribution in [1.29, 1.82) is 0 Å². The van der Waals surface area contributed by atoms with Crippen molar-refractivity contribution >= 4 is 11.6 Å². The van der Waals surface area contributed by atoms with Crippen LogP contribution in [0.2, 0.25) is 0 Å². The third-order valence-electron chi connectivity index (χ3n) is 3.56. The molecule has 1 saturated heterocycles. The molecule has 116 valence electrons. The summed E-state index contributed by atoms with van der Waals surface area (Å²) in [7, 11) is 0. The van der Waals surface area contributed by atoms with Crippen LogP contribution in [0.15, 0.2) is 42.7 Å². The highest BCUT2D eigenvalue weighted by Gasteiger charge is 2.17. The van der Waals surface area contributed by atoms with Gasteiger partial charge in [0.15, 0.2) is 0 Å². The maximum Gasteiger partial charge on any atom is 0.227 e. The molecule has 2 heterocycles. The summed E-state index contributed by atoms with van der Waals surface area (Å²) >= 11 is 0. The van der Waals surface area contributed by atoms with Crippen LogP contribution in [0.5, 0.6) is 0 Å². The molecule has 2 N–H and O–H groups in total. The van der Waals surface area contributed by atoms with E-state index < -0.39 is 0 Å². The van der Waals surface area contributed by atoms with Crippen LogP contribution in [0.3, 0.4) is 0 Å². The van der Waals surface area contributed by atoms with Crippen LogP contribution in [0.25, 0.3) is 0 Å². The zero-order valence-corrected chi connectivity index (χ0v) is 12.4. The number of amides is 1.